The molecular weight excluding hydrogens is 719 g/mol. The Labute approximate surface area is 362 Å². The Kier molecular flexibility index (Phi) is 46.0. The first-order valence-electron chi connectivity index (χ1n) is 26.3. The van der Waals surface area contributed by atoms with Crippen molar-refractivity contribution in [3.63, 3.8) is 0 Å². The number of aliphatic hydroxyl groups is 2. The molecule has 1 amide bonds. The number of hydrogen-bond acceptors (Lipinski definition) is 5. The highest BCUT2D eigenvalue weighted by Crippen LogP contribution is 2.19. The first kappa shape index (κ1) is 56.9. The molecule has 0 aliphatic carbocycles. The summed E-state index contributed by atoms with van der Waals surface area (Å²) in [6, 6.07) is -0.691. The lowest BCUT2D eigenvalue weighted by molar-refractivity contribution is -0.151. The van der Waals surface area contributed by atoms with Crippen LogP contribution in [0.2, 0.25) is 0 Å². The summed E-state index contributed by atoms with van der Waals surface area (Å²) in [4.78, 5) is 26.1. The third-order valence-electron chi connectivity index (χ3n) is 12.4. The molecule has 346 valence electrons. The van der Waals surface area contributed by atoms with E-state index in [4.69, 9.17) is 4.74 Å². The van der Waals surface area contributed by atoms with Gasteiger partial charge in [-0.2, -0.15) is 0 Å². The van der Waals surface area contributed by atoms with Crippen molar-refractivity contribution in [1.29, 1.82) is 0 Å². The first-order chi connectivity index (χ1) is 28.5. The number of unbranched alkanes of at least 4 members (excludes halogenated alkanes) is 36. The van der Waals surface area contributed by atoms with Crippen LogP contribution in [0.25, 0.3) is 0 Å². The maximum atomic E-state index is 13.2. The Morgan fingerprint density at radius 2 is 0.724 bits per heavy atom. The zero-order valence-electron chi connectivity index (χ0n) is 39.5. The van der Waals surface area contributed by atoms with E-state index in [-0.39, 0.29) is 24.9 Å². The molecule has 58 heavy (non-hydrogen) atoms. The monoisotopic (exact) mass is 822 g/mol. The Hall–Kier alpha value is -1.14. The fraction of sp³-hybridized carbons (Fsp3) is 0.962. The molecule has 0 aliphatic rings. The van der Waals surface area contributed by atoms with Gasteiger partial charge in [0.05, 0.1) is 25.2 Å². The van der Waals surface area contributed by atoms with Gasteiger partial charge in [-0.1, -0.05) is 258 Å². The molecule has 0 spiro atoms. The van der Waals surface area contributed by atoms with Crippen LogP contribution in [0.5, 0.6) is 0 Å². The van der Waals surface area contributed by atoms with E-state index in [1.807, 2.05) is 0 Å². The fourth-order valence-corrected chi connectivity index (χ4v) is 8.43. The van der Waals surface area contributed by atoms with Crippen LogP contribution in [0, 0.1) is 0 Å². The van der Waals surface area contributed by atoms with Crippen molar-refractivity contribution in [2.45, 2.75) is 315 Å². The van der Waals surface area contributed by atoms with Crippen molar-refractivity contribution in [3.8, 4) is 0 Å². The molecule has 0 aromatic rings. The van der Waals surface area contributed by atoms with Crippen molar-refractivity contribution < 1.29 is 24.5 Å². The molecule has 0 saturated carbocycles. The second-order valence-corrected chi connectivity index (χ2v) is 18.3. The lowest BCUT2D eigenvalue weighted by Gasteiger charge is -2.24. The molecule has 3 unspecified atom stereocenters. The van der Waals surface area contributed by atoms with E-state index in [9.17, 15) is 19.8 Å². The quantitative estimate of drug-likeness (QED) is 0.0420. The summed E-state index contributed by atoms with van der Waals surface area (Å²) >= 11 is 0. The molecule has 0 fully saturated rings. The Balaban J connectivity index is 4.52. The lowest BCUT2D eigenvalue weighted by atomic mass is 10.0. The summed E-state index contributed by atoms with van der Waals surface area (Å²) in [5.41, 5.74) is 0. The second-order valence-electron chi connectivity index (χ2n) is 18.3. The minimum absolute atomic E-state index is 0.0879. The van der Waals surface area contributed by atoms with Crippen molar-refractivity contribution in [3.05, 3.63) is 0 Å². The maximum Gasteiger partial charge on any atom is 0.306 e. The summed E-state index contributed by atoms with van der Waals surface area (Å²) in [7, 11) is 0. The van der Waals surface area contributed by atoms with Gasteiger partial charge in [-0.25, -0.2) is 0 Å². The van der Waals surface area contributed by atoms with E-state index in [1.54, 1.807) is 0 Å². The highest BCUT2D eigenvalue weighted by molar-refractivity contribution is 5.77. The van der Waals surface area contributed by atoms with E-state index in [2.05, 4.69) is 26.1 Å². The van der Waals surface area contributed by atoms with Crippen LogP contribution in [0.3, 0.4) is 0 Å². The van der Waals surface area contributed by atoms with Crippen molar-refractivity contribution in [2.75, 3.05) is 6.61 Å². The predicted molar refractivity (Wildman–Crippen MR) is 250 cm³/mol. The van der Waals surface area contributed by atoms with E-state index in [0.29, 0.717) is 19.3 Å². The molecule has 0 saturated heterocycles. The number of esters is 1. The van der Waals surface area contributed by atoms with Gasteiger partial charge >= 0.3 is 5.97 Å². The zero-order chi connectivity index (χ0) is 42.4. The normalized spacial score (nSPS) is 13.1. The number of carbonyl (C=O) groups excluding carboxylic acids is 2. The van der Waals surface area contributed by atoms with Gasteiger partial charge in [0, 0.05) is 6.42 Å². The summed E-state index contributed by atoms with van der Waals surface area (Å²) < 4.78 is 5.94. The maximum absolute atomic E-state index is 13.2. The minimum atomic E-state index is -0.778. The van der Waals surface area contributed by atoms with Gasteiger partial charge in [-0.05, 0) is 25.7 Å². The van der Waals surface area contributed by atoms with Gasteiger partial charge in [0.1, 0.15) is 6.10 Å². The molecule has 0 heterocycles. The summed E-state index contributed by atoms with van der Waals surface area (Å²) in [5, 5.41) is 23.7. The van der Waals surface area contributed by atoms with Gasteiger partial charge in [0.25, 0.3) is 0 Å². The molecule has 0 rings (SSSR count). The molecule has 0 aliphatic heterocycles. The SMILES string of the molecule is CCCCCCCCCCCCCCCCCCC(CC(=O)NC(CO)C(O)CCCCCCCCCCCCC)OC(=O)CCCCCCCCCCCCCC. The van der Waals surface area contributed by atoms with Crippen LogP contribution in [0.1, 0.15) is 297 Å². The number of carbonyl (C=O) groups is 2. The Morgan fingerprint density at radius 3 is 1.05 bits per heavy atom. The van der Waals surface area contributed by atoms with Crippen LogP contribution < -0.4 is 5.32 Å². The van der Waals surface area contributed by atoms with Crippen LogP contribution >= 0.6 is 0 Å². The highest BCUT2D eigenvalue weighted by atomic mass is 16.5. The van der Waals surface area contributed by atoms with Crippen LogP contribution in [-0.4, -0.2) is 46.9 Å². The molecule has 6 heteroatoms. The van der Waals surface area contributed by atoms with Crippen molar-refractivity contribution in [2.24, 2.45) is 0 Å². The van der Waals surface area contributed by atoms with Crippen LogP contribution in [0.4, 0.5) is 0 Å². The number of amides is 1. The van der Waals surface area contributed by atoms with E-state index < -0.39 is 18.2 Å². The molecule has 3 N–H and O–H groups in total. The lowest BCUT2D eigenvalue weighted by Crippen LogP contribution is -2.46. The molecule has 0 bridgehead atoms. The summed E-state index contributed by atoms with van der Waals surface area (Å²) in [6.07, 6.45) is 50.2. The van der Waals surface area contributed by atoms with Gasteiger partial charge in [0.2, 0.25) is 5.91 Å². The van der Waals surface area contributed by atoms with Crippen molar-refractivity contribution >= 4 is 11.9 Å². The highest BCUT2D eigenvalue weighted by Gasteiger charge is 2.24. The average Bonchev–Trinajstić information content (AvgIpc) is 3.22. The van der Waals surface area contributed by atoms with Crippen molar-refractivity contribution in [1.82, 2.24) is 5.32 Å². The minimum Gasteiger partial charge on any atom is -0.462 e. The van der Waals surface area contributed by atoms with Crippen LogP contribution in [0.15, 0.2) is 0 Å². The topological polar surface area (TPSA) is 95.9 Å². The van der Waals surface area contributed by atoms with Gasteiger partial charge < -0.3 is 20.3 Å². The molecular formula is C52H103NO5. The average molecular weight is 822 g/mol. The summed E-state index contributed by atoms with van der Waals surface area (Å²) in [6.45, 7) is 6.50. The number of ether oxygens (including phenoxy) is 1. The second kappa shape index (κ2) is 46.9. The van der Waals surface area contributed by atoms with E-state index in [0.717, 1.165) is 44.9 Å². The largest absolute Gasteiger partial charge is 0.462 e. The third-order valence-corrected chi connectivity index (χ3v) is 12.4. The molecule has 0 aromatic heterocycles. The standard InChI is InChI=1S/C52H103NO5/c1-4-7-10-13-16-19-22-24-25-26-27-29-31-34-37-40-43-48(58-52(57)45-42-39-36-33-30-23-20-17-14-11-8-5-2)46-51(56)53-49(47-54)50(55)44-41-38-35-32-28-21-18-15-12-9-6-3/h48-50,54-55H,4-47H2,1-3H3,(H,53,56). The van der Waals surface area contributed by atoms with Gasteiger partial charge in [0.15, 0.2) is 0 Å². The van der Waals surface area contributed by atoms with Gasteiger partial charge in [-0.3, -0.25) is 9.59 Å². The Bertz CT molecular complexity index is 837. The van der Waals surface area contributed by atoms with Crippen LogP contribution in [-0.2, 0) is 14.3 Å². The number of nitrogens with one attached hydrogen (secondary N) is 1. The van der Waals surface area contributed by atoms with E-state index in [1.165, 1.54) is 205 Å². The van der Waals surface area contributed by atoms with Gasteiger partial charge in [-0.15, -0.1) is 0 Å². The molecule has 3 atom stereocenters. The number of rotatable bonds is 48. The smallest absolute Gasteiger partial charge is 0.306 e. The molecule has 6 nitrogen and oxygen atoms in total. The molecule has 0 radical (unpaired) electrons. The number of aliphatic hydroxyl groups excluding tert-OH is 2. The summed E-state index contributed by atoms with van der Waals surface area (Å²) in [5.74, 6) is -0.451. The first-order valence-corrected chi connectivity index (χ1v) is 26.3. The third kappa shape index (κ3) is 41.6. The van der Waals surface area contributed by atoms with E-state index >= 15 is 0 Å². The Morgan fingerprint density at radius 1 is 0.431 bits per heavy atom. The number of hydrogen-bond donors (Lipinski definition) is 3. The molecule has 0 aromatic carbocycles. The zero-order valence-corrected chi connectivity index (χ0v) is 39.5. The predicted octanol–water partition coefficient (Wildman–Crippen LogP) is 15.6. The fourth-order valence-electron chi connectivity index (χ4n) is 8.43.